The lowest BCUT2D eigenvalue weighted by molar-refractivity contribution is 0.527. The third-order valence-electron chi connectivity index (χ3n) is 3.64. The number of benzene rings is 2. The van der Waals surface area contributed by atoms with Crippen molar-refractivity contribution < 1.29 is 0 Å². The first-order valence-corrected chi connectivity index (χ1v) is 8.44. The van der Waals surface area contributed by atoms with Gasteiger partial charge in [0, 0.05) is 10.5 Å². The molecule has 2 rings (SSSR count). The molecule has 2 aromatic rings. The molecule has 1 unspecified atom stereocenters. The van der Waals surface area contributed by atoms with Crippen LogP contribution < -0.4 is 5.32 Å². The van der Waals surface area contributed by atoms with E-state index in [1.54, 1.807) is 0 Å². The zero-order valence-corrected chi connectivity index (χ0v) is 14.7. The molecule has 0 fully saturated rings. The number of hydrogen-bond acceptors (Lipinski definition) is 1. The molecule has 0 aliphatic heterocycles. The van der Waals surface area contributed by atoms with Crippen LogP contribution in [0.15, 0.2) is 46.9 Å². The highest BCUT2D eigenvalue weighted by Crippen LogP contribution is 2.26. The maximum Gasteiger partial charge on any atom is 0.0372 e. The number of hydrogen-bond donors (Lipinski definition) is 1. The van der Waals surface area contributed by atoms with E-state index in [9.17, 15) is 0 Å². The molecule has 1 nitrogen and oxygen atoms in total. The van der Waals surface area contributed by atoms with Crippen LogP contribution in [0.2, 0.25) is 0 Å². The fraction of sp³-hybridized carbons (Fsp3) is 0.368. The van der Waals surface area contributed by atoms with E-state index < -0.39 is 0 Å². The molecule has 0 bridgehead atoms. The maximum absolute atomic E-state index is 3.69. The van der Waals surface area contributed by atoms with Gasteiger partial charge in [0.15, 0.2) is 0 Å². The summed E-state index contributed by atoms with van der Waals surface area (Å²) in [6.07, 6.45) is 2.17. The Labute approximate surface area is 136 Å². The fourth-order valence-corrected chi connectivity index (χ4v) is 3.35. The van der Waals surface area contributed by atoms with E-state index in [1.807, 2.05) is 0 Å². The first kappa shape index (κ1) is 16.3. The minimum absolute atomic E-state index is 0.349. The average molecular weight is 346 g/mol. The van der Waals surface area contributed by atoms with Crippen molar-refractivity contribution in [2.24, 2.45) is 0 Å². The van der Waals surface area contributed by atoms with Gasteiger partial charge >= 0.3 is 0 Å². The zero-order valence-electron chi connectivity index (χ0n) is 13.1. The van der Waals surface area contributed by atoms with E-state index in [0.717, 1.165) is 19.4 Å². The molecule has 0 aliphatic carbocycles. The van der Waals surface area contributed by atoms with Crippen molar-refractivity contribution in [3.63, 3.8) is 0 Å². The molecule has 0 radical (unpaired) electrons. The Hall–Kier alpha value is -1.12. The summed E-state index contributed by atoms with van der Waals surface area (Å²) in [7, 11) is 0. The van der Waals surface area contributed by atoms with Gasteiger partial charge in [-0.3, -0.25) is 0 Å². The molecule has 0 saturated carbocycles. The van der Waals surface area contributed by atoms with Gasteiger partial charge in [-0.25, -0.2) is 0 Å². The Morgan fingerprint density at radius 2 is 1.71 bits per heavy atom. The summed E-state index contributed by atoms with van der Waals surface area (Å²) >= 11 is 3.69. The molecular formula is C19H24BrN. The predicted molar refractivity (Wildman–Crippen MR) is 94.8 cm³/mol. The second-order valence-corrected chi connectivity index (χ2v) is 6.58. The van der Waals surface area contributed by atoms with Gasteiger partial charge in [0.25, 0.3) is 0 Å². The highest BCUT2D eigenvalue weighted by Gasteiger charge is 2.14. The quantitative estimate of drug-likeness (QED) is 0.743. The van der Waals surface area contributed by atoms with Crippen LogP contribution >= 0.6 is 15.9 Å². The second kappa shape index (κ2) is 7.77. The van der Waals surface area contributed by atoms with E-state index in [-0.39, 0.29) is 0 Å². The molecule has 1 atom stereocenters. The standard InChI is InChI=1S/C19H24BrN/c1-4-9-21-19(17-7-5-6-8-18(17)20)13-16-11-14(2)10-15(3)12-16/h5-8,10-12,19,21H,4,9,13H2,1-3H3. The number of nitrogens with one attached hydrogen (secondary N) is 1. The largest absolute Gasteiger partial charge is 0.310 e. The Morgan fingerprint density at radius 3 is 2.33 bits per heavy atom. The van der Waals surface area contributed by atoms with Crippen LogP contribution in [0.5, 0.6) is 0 Å². The van der Waals surface area contributed by atoms with Crippen LogP contribution in [0.4, 0.5) is 0 Å². The van der Waals surface area contributed by atoms with Gasteiger partial charge in [0.1, 0.15) is 0 Å². The average Bonchev–Trinajstić information content (AvgIpc) is 2.43. The minimum atomic E-state index is 0.349. The van der Waals surface area contributed by atoms with E-state index in [0.29, 0.717) is 6.04 Å². The SMILES string of the molecule is CCCNC(Cc1cc(C)cc(C)c1)c1ccccc1Br. The van der Waals surface area contributed by atoms with Gasteiger partial charge in [-0.2, -0.15) is 0 Å². The van der Waals surface area contributed by atoms with Gasteiger partial charge in [0.05, 0.1) is 0 Å². The van der Waals surface area contributed by atoms with Gasteiger partial charge in [-0.05, 0) is 50.4 Å². The van der Waals surface area contributed by atoms with Crippen LogP contribution in [-0.4, -0.2) is 6.54 Å². The summed E-state index contributed by atoms with van der Waals surface area (Å²) in [4.78, 5) is 0. The smallest absolute Gasteiger partial charge is 0.0372 e. The second-order valence-electron chi connectivity index (χ2n) is 5.73. The topological polar surface area (TPSA) is 12.0 Å². The summed E-state index contributed by atoms with van der Waals surface area (Å²) < 4.78 is 1.18. The molecular weight excluding hydrogens is 322 g/mol. The first-order chi connectivity index (χ1) is 10.1. The molecule has 2 heteroatoms. The van der Waals surface area contributed by atoms with Crippen molar-refractivity contribution in [1.29, 1.82) is 0 Å². The predicted octanol–water partition coefficient (Wildman–Crippen LogP) is 5.35. The van der Waals surface area contributed by atoms with Crippen molar-refractivity contribution in [2.75, 3.05) is 6.54 Å². The third-order valence-corrected chi connectivity index (χ3v) is 4.36. The van der Waals surface area contributed by atoms with Crippen molar-refractivity contribution in [1.82, 2.24) is 5.32 Å². The van der Waals surface area contributed by atoms with Crippen molar-refractivity contribution >= 4 is 15.9 Å². The minimum Gasteiger partial charge on any atom is -0.310 e. The summed E-state index contributed by atoms with van der Waals surface area (Å²) in [6.45, 7) is 7.59. The van der Waals surface area contributed by atoms with Gasteiger partial charge in [-0.15, -0.1) is 0 Å². The lowest BCUT2D eigenvalue weighted by atomic mass is 9.96. The number of aryl methyl sites for hydroxylation is 2. The molecule has 1 N–H and O–H groups in total. The van der Waals surface area contributed by atoms with E-state index >= 15 is 0 Å². The van der Waals surface area contributed by atoms with Crippen LogP contribution in [0.3, 0.4) is 0 Å². The van der Waals surface area contributed by atoms with Gasteiger partial charge in [0.2, 0.25) is 0 Å². The Kier molecular flexibility index (Phi) is 6.01. The molecule has 0 aliphatic rings. The lowest BCUT2D eigenvalue weighted by Gasteiger charge is -2.21. The van der Waals surface area contributed by atoms with Crippen LogP contribution in [0, 0.1) is 13.8 Å². The van der Waals surface area contributed by atoms with Gasteiger partial charge < -0.3 is 5.32 Å². The first-order valence-electron chi connectivity index (χ1n) is 7.65. The van der Waals surface area contributed by atoms with Crippen LogP contribution in [0.25, 0.3) is 0 Å². The molecule has 21 heavy (non-hydrogen) atoms. The zero-order chi connectivity index (χ0) is 15.2. The molecule has 0 heterocycles. The van der Waals surface area contributed by atoms with E-state index in [1.165, 1.54) is 26.7 Å². The summed E-state index contributed by atoms with van der Waals surface area (Å²) in [5.74, 6) is 0. The maximum atomic E-state index is 3.69. The summed E-state index contributed by atoms with van der Waals surface area (Å²) in [5.41, 5.74) is 5.42. The highest BCUT2D eigenvalue weighted by atomic mass is 79.9. The monoisotopic (exact) mass is 345 g/mol. The molecule has 0 aromatic heterocycles. The summed E-state index contributed by atoms with van der Waals surface area (Å²) in [6, 6.07) is 15.7. The molecule has 0 spiro atoms. The summed E-state index contributed by atoms with van der Waals surface area (Å²) in [5, 5.41) is 3.68. The van der Waals surface area contributed by atoms with E-state index in [4.69, 9.17) is 0 Å². The van der Waals surface area contributed by atoms with Crippen LogP contribution in [-0.2, 0) is 6.42 Å². The highest BCUT2D eigenvalue weighted by molar-refractivity contribution is 9.10. The Bertz CT molecular complexity index is 572. The molecule has 0 amide bonds. The van der Waals surface area contributed by atoms with Gasteiger partial charge in [-0.1, -0.05) is 70.4 Å². The number of rotatable bonds is 6. The van der Waals surface area contributed by atoms with Crippen LogP contribution in [0.1, 0.15) is 41.6 Å². The van der Waals surface area contributed by atoms with Crippen molar-refractivity contribution in [3.05, 3.63) is 69.2 Å². The molecule has 112 valence electrons. The molecule has 0 saturated heterocycles. The number of halogens is 1. The third kappa shape index (κ3) is 4.69. The molecule has 2 aromatic carbocycles. The normalized spacial score (nSPS) is 12.4. The van der Waals surface area contributed by atoms with Crippen molar-refractivity contribution in [3.8, 4) is 0 Å². The lowest BCUT2D eigenvalue weighted by Crippen LogP contribution is -2.24. The van der Waals surface area contributed by atoms with Crippen molar-refractivity contribution in [2.45, 2.75) is 39.7 Å². The fourth-order valence-electron chi connectivity index (χ4n) is 2.79. The Morgan fingerprint density at radius 1 is 1.05 bits per heavy atom. The Balaban J connectivity index is 2.26. The van der Waals surface area contributed by atoms with E-state index in [2.05, 4.69) is 84.5 Å².